The van der Waals surface area contributed by atoms with Crippen LogP contribution in [-0.4, -0.2) is 35.7 Å². The lowest BCUT2D eigenvalue weighted by Gasteiger charge is -2.08. The van der Waals surface area contributed by atoms with Gasteiger partial charge in [0.15, 0.2) is 6.61 Å². The van der Waals surface area contributed by atoms with Gasteiger partial charge in [-0.05, 0) is 36.4 Å². The summed E-state index contributed by atoms with van der Waals surface area (Å²) in [7, 11) is 1.46. The second-order valence-corrected chi connectivity index (χ2v) is 6.00. The van der Waals surface area contributed by atoms with Gasteiger partial charge < -0.3 is 19.3 Å². The molecule has 1 heterocycles. The van der Waals surface area contributed by atoms with Gasteiger partial charge in [0.25, 0.3) is 11.8 Å². The summed E-state index contributed by atoms with van der Waals surface area (Å²) in [6.07, 6.45) is 0. The molecule has 0 aliphatic rings. The first-order valence-corrected chi connectivity index (χ1v) is 8.60. The Morgan fingerprint density at radius 2 is 1.89 bits per heavy atom. The average molecular weight is 402 g/mol. The van der Waals surface area contributed by atoms with Crippen molar-refractivity contribution in [2.75, 3.05) is 13.7 Å². The number of nitrogens with one attached hydrogen (secondary N) is 1. The number of ether oxygens (including phenoxy) is 2. The number of halogens is 1. The van der Waals surface area contributed by atoms with E-state index in [9.17, 15) is 9.59 Å². The second kappa shape index (κ2) is 9.01. The number of carbonyl (C=O) groups excluding carboxylic acids is 2. The fraction of sp³-hybridized carbons (Fsp3) is 0.158. The number of hydrogen-bond acceptors (Lipinski definition) is 7. The van der Waals surface area contributed by atoms with E-state index in [-0.39, 0.29) is 19.0 Å². The fourth-order valence-electron chi connectivity index (χ4n) is 2.30. The van der Waals surface area contributed by atoms with Gasteiger partial charge in [-0.25, -0.2) is 0 Å². The molecule has 1 amide bonds. The van der Waals surface area contributed by atoms with Gasteiger partial charge in [0.05, 0.1) is 12.7 Å². The number of methoxy groups -OCH3 is 1. The van der Waals surface area contributed by atoms with Gasteiger partial charge in [0.2, 0.25) is 5.82 Å². The zero-order valence-corrected chi connectivity index (χ0v) is 15.6. The van der Waals surface area contributed by atoms with Crippen molar-refractivity contribution in [2.45, 2.75) is 6.61 Å². The predicted molar refractivity (Wildman–Crippen MR) is 99.9 cm³/mol. The summed E-state index contributed by atoms with van der Waals surface area (Å²) in [6, 6.07) is 13.6. The maximum absolute atomic E-state index is 12.1. The quantitative estimate of drug-likeness (QED) is 0.607. The van der Waals surface area contributed by atoms with Crippen LogP contribution >= 0.6 is 11.6 Å². The maximum Gasteiger partial charge on any atom is 0.325 e. The number of aromatic nitrogens is 2. The van der Waals surface area contributed by atoms with Crippen LogP contribution in [0, 0.1) is 0 Å². The Kier molecular flexibility index (Phi) is 6.23. The summed E-state index contributed by atoms with van der Waals surface area (Å²) in [5.41, 5.74) is 1.04. The summed E-state index contributed by atoms with van der Waals surface area (Å²) >= 11 is 5.84. The molecule has 3 aromatic rings. The van der Waals surface area contributed by atoms with E-state index >= 15 is 0 Å². The molecule has 0 bridgehead atoms. The van der Waals surface area contributed by atoms with Crippen LogP contribution in [0.1, 0.15) is 16.2 Å². The molecule has 1 N–H and O–H groups in total. The number of para-hydroxylation sites is 1. The van der Waals surface area contributed by atoms with Crippen LogP contribution < -0.4 is 10.1 Å². The van der Waals surface area contributed by atoms with Crippen molar-refractivity contribution in [3.63, 3.8) is 0 Å². The van der Waals surface area contributed by atoms with Crippen molar-refractivity contribution in [3.05, 3.63) is 65.0 Å². The highest BCUT2D eigenvalue weighted by molar-refractivity contribution is 6.30. The summed E-state index contributed by atoms with van der Waals surface area (Å²) in [4.78, 5) is 28.1. The zero-order chi connectivity index (χ0) is 19.9. The van der Waals surface area contributed by atoms with Crippen LogP contribution in [0.3, 0.4) is 0 Å². The molecule has 3 rings (SSSR count). The molecule has 8 nitrogen and oxygen atoms in total. The number of nitrogens with zero attached hydrogens (tertiary/aromatic N) is 2. The van der Waals surface area contributed by atoms with E-state index in [1.807, 2.05) is 0 Å². The summed E-state index contributed by atoms with van der Waals surface area (Å²) in [5, 5.41) is 6.89. The van der Waals surface area contributed by atoms with Crippen molar-refractivity contribution < 1.29 is 23.6 Å². The number of benzene rings is 2. The van der Waals surface area contributed by atoms with Gasteiger partial charge in [-0.3, -0.25) is 9.59 Å². The molecule has 0 radical (unpaired) electrons. The molecule has 144 valence electrons. The summed E-state index contributed by atoms with van der Waals surface area (Å²) in [6.45, 7) is -0.515. The van der Waals surface area contributed by atoms with E-state index in [0.717, 1.165) is 5.56 Å². The molecule has 0 aliphatic heterocycles. The topological polar surface area (TPSA) is 104 Å². The summed E-state index contributed by atoms with van der Waals surface area (Å²) < 4.78 is 15.2. The normalized spacial score (nSPS) is 10.4. The number of hydrogen-bond donors (Lipinski definition) is 1. The van der Waals surface area contributed by atoms with Gasteiger partial charge >= 0.3 is 5.97 Å². The lowest BCUT2D eigenvalue weighted by molar-refractivity contribution is -0.144. The van der Waals surface area contributed by atoms with Gasteiger partial charge in [-0.2, -0.15) is 4.98 Å². The van der Waals surface area contributed by atoms with Crippen molar-refractivity contribution in [1.82, 2.24) is 15.5 Å². The highest BCUT2D eigenvalue weighted by Crippen LogP contribution is 2.19. The minimum atomic E-state index is -0.644. The lowest BCUT2D eigenvalue weighted by Crippen LogP contribution is -2.30. The maximum atomic E-state index is 12.1. The van der Waals surface area contributed by atoms with E-state index in [4.69, 9.17) is 25.6 Å². The molecule has 9 heteroatoms. The van der Waals surface area contributed by atoms with E-state index in [0.29, 0.717) is 22.2 Å². The molecule has 0 unspecified atom stereocenters. The largest absolute Gasteiger partial charge is 0.496 e. The highest BCUT2D eigenvalue weighted by Gasteiger charge is 2.14. The Balaban J connectivity index is 1.49. The van der Waals surface area contributed by atoms with E-state index in [2.05, 4.69) is 15.5 Å². The third-order valence-electron chi connectivity index (χ3n) is 3.67. The highest BCUT2D eigenvalue weighted by atomic mass is 35.5. The number of carbonyl (C=O) groups is 2. The minimum Gasteiger partial charge on any atom is -0.496 e. The molecule has 0 saturated carbocycles. The predicted octanol–water partition coefficient (Wildman–Crippen LogP) is 2.87. The Morgan fingerprint density at radius 1 is 1.14 bits per heavy atom. The third kappa shape index (κ3) is 4.86. The molecule has 0 aliphatic carbocycles. The third-order valence-corrected chi connectivity index (χ3v) is 3.92. The van der Waals surface area contributed by atoms with Gasteiger partial charge in [-0.15, -0.1) is 0 Å². The zero-order valence-electron chi connectivity index (χ0n) is 14.8. The number of amides is 1. The Morgan fingerprint density at radius 3 is 2.64 bits per heavy atom. The molecular weight excluding hydrogens is 386 g/mol. The van der Waals surface area contributed by atoms with Crippen LogP contribution in [0.4, 0.5) is 0 Å². The second-order valence-electron chi connectivity index (χ2n) is 5.56. The van der Waals surface area contributed by atoms with Crippen LogP contribution in [0.25, 0.3) is 11.4 Å². The molecule has 1 aromatic heterocycles. The smallest absolute Gasteiger partial charge is 0.325 e. The van der Waals surface area contributed by atoms with Crippen molar-refractivity contribution in [3.8, 4) is 17.1 Å². The summed E-state index contributed by atoms with van der Waals surface area (Å²) in [5.74, 6) is -0.192. The molecule has 0 atom stereocenters. The van der Waals surface area contributed by atoms with E-state index in [1.54, 1.807) is 48.5 Å². The molecule has 0 saturated heterocycles. The van der Waals surface area contributed by atoms with Crippen LogP contribution in [0.5, 0.6) is 5.75 Å². The number of esters is 1. The number of rotatable bonds is 7. The molecule has 2 aromatic carbocycles. The van der Waals surface area contributed by atoms with Crippen molar-refractivity contribution in [2.24, 2.45) is 0 Å². The van der Waals surface area contributed by atoms with Gasteiger partial charge in [0.1, 0.15) is 12.3 Å². The minimum absolute atomic E-state index is 0.134. The van der Waals surface area contributed by atoms with Crippen molar-refractivity contribution in [1.29, 1.82) is 0 Å². The van der Waals surface area contributed by atoms with Crippen LogP contribution in [0.15, 0.2) is 53.1 Å². The first-order chi connectivity index (χ1) is 13.6. The van der Waals surface area contributed by atoms with Crippen LogP contribution in [0.2, 0.25) is 5.02 Å². The molecule has 0 spiro atoms. The van der Waals surface area contributed by atoms with E-state index < -0.39 is 11.9 Å². The fourth-order valence-corrected chi connectivity index (χ4v) is 2.43. The van der Waals surface area contributed by atoms with Gasteiger partial charge in [-0.1, -0.05) is 28.9 Å². The monoisotopic (exact) mass is 401 g/mol. The average Bonchev–Trinajstić information content (AvgIpc) is 3.20. The Hall–Kier alpha value is -3.39. The van der Waals surface area contributed by atoms with Gasteiger partial charge in [0, 0.05) is 10.6 Å². The van der Waals surface area contributed by atoms with E-state index in [1.165, 1.54) is 7.11 Å². The Labute approximate surface area is 165 Å². The lowest BCUT2D eigenvalue weighted by atomic mass is 10.2. The van der Waals surface area contributed by atoms with Crippen molar-refractivity contribution >= 4 is 23.5 Å². The standard InChI is InChI=1S/C19H16ClN3O5/c1-26-15-5-3-2-4-14(15)19(25)21-10-17(24)27-11-16-22-18(23-28-16)12-6-8-13(20)9-7-12/h2-9H,10-11H2,1H3,(H,21,25). The molecular formula is C19H16ClN3O5. The van der Waals surface area contributed by atoms with Crippen LogP contribution in [-0.2, 0) is 16.1 Å². The first kappa shape index (κ1) is 19.4. The SMILES string of the molecule is COc1ccccc1C(=O)NCC(=O)OCc1nc(-c2ccc(Cl)cc2)no1. The Bertz CT molecular complexity index is 972. The molecule has 28 heavy (non-hydrogen) atoms. The first-order valence-electron chi connectivity index (χ1n) is 8.22. The molecule has 0 fully saturated rings.